The Labute approximate surface area is 128 Å². The van der Waals surface area contributed by atoms with Gasteiger partial charge in [0.25, 0.3) is 0 Å². The van der Waals surface area contributed by atoms with Crippen LogP contribution in [0.15, 0.2) is 29.6 Å². The lowest BCUT2D eigenvalue weighted by molar-refractivity contribution is 0.696. The van der Waals surface area contributed by atoms with Gasteiger partial charge in [0, 0.05) is 17.8 Å². The molecule has 0 saturated heterocycles. The SMILES string of the molecule is Cc1cc2nc(Cc3cccs3)n(CCC#N)c2cc1C. The second kappa shape index (κ2) is 5.71. The maximum Gasteiger partial charge on any atom is 0.115 e. The minimum absolute atomic E-state index is 0.510. The highest BCUT2D eigenvalue weighted by atomic mass is 32.1. The molecule has 106 valence electrons. The zero-order valence-corrected chi connectivity index (χ0v) is 13.1. The molecule has 0 saturated carbocycles. The van der Waals surface area contributed by atoms with Gasteiger partial charge in [0.2, 0.25) is 0 Å². The highest BCUT2D eigenvalue weighted by Crippen LogP contribution is 2.23. The Morgan fingerprint density at radius 3 is 2.81 bits per heavy atom. The summed E-state index contributed by atoms with van der Waals surface area (Å²) in [5.41, 5.74) is 4.70. The second-order valence-corrected chi connectivity index (χ2v) is 6.30. The first-order valence-corrected chi connectivity index (χ1v) is 7.92. The molecule has 0 amide bonds. The molecule has 0 N–H and O–H groups in total. The van der Waals surface area contributed by atoms with Gasteiger partial charge in [-0.25, -0.2) is 4.98 Å². The summed E-state index contributed by atoms with van der Waals surface area (Å²) in [5.74, 6) is 1.05. The van der Waals surface area contributed by atoms with Gasteiger partial charge in [-0.05, 0) is 48.6 Å². The van der Waals surface area contributed by atoms with Gasteiger partial charge in [0.05, 0.1) is 23.5 Å². The summed E-state index contributed by atoms with van der Waals surface area (Å²) in [4.78, 5) is 6.11. The Balaban J connectivity index is 2.10. The number of benzene rings is 1. The lowest BCUT2D eigenvalue weighted by Gasteiger charge is -2.07. The van der Waals surface area contributed by atoms with Crippen molar-refractivity contribution in [1.29, 1.82) is 5.26 Å². The Kier molecular flexibility index (Phi) is 3.76. The van der Waals surface area contributed by atoms with Gasteiger partial charge < -0.3 is 4.57 Å². The molecule has 1 aromatic carbocycles. The van der Waals surface area contributed by atoms with E-state index in [1.54, 1.807) is 11.3 Å². The number of nitrogens with zero attached hydrogens (tertiary/aromatic N) is 3. The zero-order valence-electron chi connectivity index (χ0n) is 12.3. The minimum Gasteiger partial charge on any atom is -0.327 e. The molecule has 21 heavy (non-hydrogen) atoms. The molecule has 0 unspecified atom stereocenters. The van der Waals surface area contributed by atoms with Crippen LogP contribution in [0.25, 0.3) is 11.0 Å². The van der Waals surface area contributed by atoms with Crippen molar-refractivity contribution in [2.45, 2.75) is 33.2 Å². The number of nitriles is 1. The molecule has 0 spiro atoms. The zero-order chi connectivity index (χ0) is 14.8. The normalized spacial score (nSPS) is 10.9. The lowest BCUT2D eigenvalue weighted by atomic mass is 10.1. The van der Waals surface area contributed by atoms with E-state index in [1.165, 1.54) is 16.0 Å². The van der Waals surface area contributed by atoms with Crippen molar-refractivity contribution in [3.8, 4) is 6.07 Å². The van der Waals surface area contributed by atoms with Crippen LogP contribution in [0.4, 0.5) is 0 Å². The van der Waals surface area contributed by atoms with E-state index in [1.807, 2.05) is 0 Å². The molecule has 0 radical (unpaired) electrons. The number of hydrogen-bond acceptors (Lipinski definition) is 3. The first-order valence-electron chi connectivity index (χ1n) is 7.04. The van der Waals surface area contributed by atoms with Crippen molar-refractivity contribution in [2.75, 3.05) is 0 Å². The summed E-state index contributed by atoms with van der Waals surface area (Å²) in [7, 11) is 0. The van der Waals surface area contributed by atoms with E-state index in [9.17, 15) is 0 Å². The van der Waals surface area contributed by atoms with Gasteiger partial charge in [-0.3, -0.25) is 0 Å². The van der Waals surface area contributed by atoms with E-state index in [0.29, 0.717) is 13.0 Å². The van der Waals surface area contributed by atoms with Crippen LogP contribution in [0.2, 0.25) is 0 Å². The molecule has 3 nitrogen and oxygen atoms in total. The van der Waals surface area contributed by atoms with Gasteiger partial charge in [0.1, 0.15) is 5.82 Å². The summed E-state index contributed by atoms with van der Waals surface area (Å²) in [5, 5.41) is 11.0. The number of imidazole rings is 1. The Bertz CT molecular complexity index is 807. The topological polar surface area (TPSA) is 41.6 Å². The lowest BCUT2D eigenvalue weighted by Crippen LogP contribution is -2.04. The minimum atomic E-state index is 0.510. The van der Waals surface area contributed by atoms with Crippen LogP contribution in [0, 0.1) is 25.2 Å². The maximum atomic E-state index is 8.90. The van der Waals surface area contributed by atoms with Crippen LogP contribution in [0.3, 0.4) is 0 Å². The third kappa shape index (κ3) is 2.70. The maximum absolute atomic E-state index is 8.90. The van der Waals surface area contributed by atoms with Crippen molar-refractivity contribution >= 4 is 22.4 Å². The van der Waals surface area contributed by atoms with Gasteiger partial charge in [-0.2, -0.15) is 5.26 Å². The Hall–Kier alpha value is -2.12. The molecule has 0 aliphatic heterocycles. The van der Waals surface area contributed by atoms with Crippen LogP contribution in [-0.4, -0.2) is 9.55 Å². The molecule has 0 aliphatic rings. The number of aryl methyl sites for hydroxylation is 3. The smallest absolute Gasteiger partial charge is 0.115 e. The number of hydrogen-bond donors (Lipinski definition) is 0. The summed E-state index contributed by atoms with van der Waals surface area (Å²) in [6.07, 6.45) is 1.34. The molecule has 3 rings (SSSR count). The summed E-state index contributed by atoms with van der Waals surface area (Å²) < 4.78 is 2.20. The van der Waals surface area contributed by atoms with Crippen LogP contribution in [-0.2, 0) is 13.0 Å². The van der Waals surface area contributed by atoms with Gasteiger partial charge in [0.15, 0.2) is 0 Å². The number of rotatable bonds is 4. The first kappa shape index (κ1) is 13.8. The predicted molar refractivity (Wildman–Crippen MR) is 86.6 cm³/mol. The van der Waals surface area contributed by atoms with Crippen molar-refractivity contribution < 1.29 is 0 Å². The standard InChI is InChI=1S/C17H17N3S/c1-12-9-15-16(10-13(12)2)20(7-4-6-18)17(19-15)11-14-5-3-8-21-14/h3,5,8-10H,4,7,11H2,1-2H3. The fourth-order valence-corrected chi connectivity index (χ4v) is 3.25. The van der Waals surface area contributed by atoms with Crippen molar-refractivity contribution in [3.05, 3.63) is 51.5 Å². The highest BCUT2D eigenvalue weighted by Gasteiger charge is 2.12. The highest BCUT2D eigenvalue weighted by molar-refractivity contribution is 7.09. The van der Waals surface area contributed by atoms with E-state index in [-0.39, 0.29) is 0 Å². The number of thiophene rings is 1. The van der Waals surface area contributed by atoms with Crippen LogP contribution in [0.5, 0.6) is 0 Å². The van der Waals surface area contributed by atoms with Crippen LogP contribution < -0.4 is 0 Å². The quantitative estimate of drug-likeness (QED) is 0.723. The molecule has 2 aromatic heterocycles. The number of aromatic nitrogens is 2. The summed E-state index contributed by atoms with van der Waals surface area (Å²) in [6, 6.07) is 10.8. The van der Waals surface area contributed by atoms with Gasteiger partial charge in [-0.1, -0.05) is 6.07 Å². The summed E-state index contributed by atoms with van der Waals surface area (Å²) >= 11 is 1.75. The third-order valence-corrected chi connectivity index (χ3v) is 4.68. The molecule has 0 aliphatic carbocycles. The molecule has 0 fully saturated rings. The van der Waals surface area contributed by atoms with Gasteiger partial charge in [-0.15, -0.1) is 11.3 Å². The van der Waals surface area contributed by atoms with E-state index < -0.39 is 0 Å². The van der Waals surface area contributed by atoms with Crippen molar-refractivity contribution in [3.63, 3.8) is 0 Å². The van der Waals surface area contributed by atoms with E-state index >= 15 is 0 Å². The van der Waals surface area contributed by atoms with E-state index in [2.05, 4.69) is 54.1 Å². The fourth-order valence-electron chi connectivity index (χ4n) is 2.55. The fraction of sp³-hybridized carbons (Fsp3) is 0.294. The number of fused-ring (bicyclic) bond motifs is 1. The second-order valence-electron chi connectivity index (χ2n) is 5.27. The molecule has 0 bridgehead atoms. The summed E-state index contributed by atoms with van der Waals surface area (Å²) in [6.45, 7) is 4.94. The molecule has 2 heterocycles. The molecule has 0 atom stereocenters. The average molecular weight is 295 g/mol. The molecule has 3 aromatic rings. The average Bonchev–Trinajstić information content (AvgIpc) is 3.06. The molecule has 4 heteroatoms. The Morgan fingerprint density at radius 1 is 1.29 bits per heavy atom. The first-order chi connectivity index (χ1) is 10.2. The molecular weight excluding hydrogens is 278 g/mol. The van der Waals surface area contributed by atoms with Crippen molar-refractivity contribution in [1.82, 2.24) is 9.55 Å². The van der Waals surface area contributed by atoms with Crippen LogP contribution >= 0.6 is 11.3 Å². The Morgan fingerprint density at radius 2 is 2.10 bits per heavy atom. The largest absolute Gasteiger partial charge is 0.327 e. The van der Waals surface area contributed by atoms with Crippen LogP contribution in [0.1, 0.15) is 28.2 Å². The van der Waals surface area contributed by atoms with Crippen molar-refractivity contribution in [2.24, 2.45) is 0 Å². The van der Waals surface area contributed by atoms with E-state index in [4.69, 9.17) is 10.2 Å². The predicted octanol–water partition coefficient (Wildman–Crippen LogP) is 4.22. The third-order valence-electron chi connectivity index (χ3n) is 3.80. The monoisotopic (exact) mass is 295 g/mol. The van der Waals surface area contributed by atoms with E-state index in [0.717, 1.165) is 23.3 Å². The van der Waals surface area contributed by atoms with Gasteiger partial charge >= 0.3 is 0 Å². The molecular formula is C17H17N3S.